The Balaban J connectivity index is 3.29. The lowest BCUT2D eigenvalue weighted by Gasteiger charge is -2.06. The third-order valence-corrected chi connectivity index (χ3v) is 6.72. The number of hydrogen-bond donors (Lipinski definition) is 0. The van der Waals surface area contributed by atoms with Crippen LogP contribution < -0.4 is 0 Å². The van der Waals surface area contributed by atoms with Gasteiger partial charge in [-0.05, 0) is 38.5 Å². The molecule has 0 saturated carbocycles. The molecule has 0 unspecified atom stereocenters. The number of hydrogen-bond acceptors (Lipinski definition) is 4. The summed E-state index contributed by atoms with van der Waals surface area (Å²) >= 11 is 6.92. The maximum absolute atomic E-state index is 11.7. The summed E-state index contributed by atoms with van der Waals surface area (Å²) in [5, 5.41) is 2.22. The summed E-state index contributed by atoms with van der Waals surface area (Å²) in [5.41, 5.74) is 0. The first-order chi connectivity index (χ1) is 15.7. The number of halogens is 2. The first kappa shape index (κ1) is 31.9. The number of carbonyl (C=O) groups is 2. The van der Waals surface area contributed by atoms with E-state index in [0.29, 0.717) is 38.9 Å². The molecule has 0 aliphatic rings. The molecular formula is C26H48Br2O4. The second-order valence-corrected chi connectivity index (χ2v) is 10.3. The highest BCUT2D eigenvalue weighted by Gasteiger charge is 2.06. The Hall–Kier alpha value is -0.100. The molecule has 190 valence electrons. The Morgan fingerprint density at radius 3 is 1.00 bits per heavy atom. The molecule has 0 aliphatic heterocycles. The monoisotopic (exact) mass is 582 g/mol. The highest BCUT2D eigenvalue weighted by molar-refractivity contribution is 9.09. The van der Waals surface area contributed by atoms with Gasteiger partial charge in [0.05, 0.1) is 13.2 Å². The number of carbonyl (C=O) groups excluding carboxylic acids is 2. The summed E-state index contributed by atoms with van der Waals surface area (Å²) in [6, 6.07) is 0. The molecule has 0 rings (SSSR count). The van der Waals surface area contributed by atoms with E-state index in [0.717, 1.165) is 36.3 Å². The molecule has 0 fully saturated rings. The second kappa shape index (κ2) is 27.1. The number of rotatable bonds is 25. The fourth-order valence-corrected chi connectivity index (χ4v) is 4.36. The lowest BCUT2D eigenvalue weighted by Crippen LogP contribution is -2.08. The third-order valence-electron chi connectivity index (χ3n) is 5.59. The van der Waals surface area contributed by atoms with Gasteiger partial charge in [-0.15, -0.1) is 0 Å². The largest absolute Gasteiger partial charge is 0.466 e. The first-order valence-electron chi connectivity index (χ1n) is 13.1. The van der Waals surface area contributed by atoms with Crippen molar-refractivity contribution in [3.8, 4) is 0 Å². The zero-order valence-corrected chi connectivity index (χ0v) is 23.5. The van der Waals surface area contributed by atoms with Gasteiger partial charge in [-0.2, -0.15) is 0 Å². The van der Waals surface area contributed by atoms with Crippen LogP contribution in [0.2, 0.25) is 0 Å². The normalized spacial score (nSPS) is 10.9. The molecule has 4 nitrogen and oxygen atoms in total. The molecule has 0 radical (unpaired) electrons. The van der Waals surface area contributed by atoms with Crippen molar-refractivity contribution in [1.29, 1.82) is 0 Å². The van der Waals surface area contributed by atoms with Crippen molar-refractivity contribution in [3.05, 3.63) is 0 Å². The van der Waals surface area contributed by atoms with Crippen molar-refractivity contribution in [1.82, 2.24) is 0 Å². The highest BCUT2D eigenvalue weighted by Crippen LogP contribution is 2.11. The predicted octanol–water partition coefficient (Wildman–Crippen LogP) is 8.66. The van der Waals surface area contributed by atoms with Crippen LogP contribution in [0.15, 0.2) is 0 Å². The second-order valence-electron chi connectivity index (χ2n) is 8.68. The topological polar surface area (TPSA) is 52.6 Å². The van der Waals surface area contributed by atoms with Crippen molar-refractivity contribution in [2.45, 2.75) is 128 Å². The summed E-state index contributed by atoms with van der Waals surface area (Å²) in [5.74, 6) is -0.277. The van der Waals surface area contributed by atoms with E-state index >= 15 is 0 Å². The molecule has 0 aliphatic carbocycles. The standard InChI is InChI=1S/C26H48Br2O4/c27-21-15-9-5-1-3-7-11-17-23-31-25(29)19-13-14-20-26(30)32-24-18-12-8-4-2-6-10-16-22-28/h1-24H2. The molecule has 0 aromatic rings. The molecule has 0 atom stereocenters. The first-order valence-corrected chi connectivity index (χ1v) is 15.4. The Morgan fingerprint density at radius 2 is 0.688 bits per heavy atom. The third kappa shape index (κ3) is 26.2. The van der Waals surface area contributed by atoms with Crippen molar-refractivity contribution < 1.29 is 19.1 Å². The van der Waals surface area contributed by atoms with Crippen LogP contribution in [0.3, 0.4) is 0 Å². The van der Waals surface area contributed by atoms with Crippen LogP contribution in [-0.2, 0) is 19.1 Å². The Labute approximate surface area is 214 Å². The van der Waals surface area contributed by atoms with E-state index in [4.69, 9.17) is 9.47 Å². The van der Waals surface area contributed by atoms with Gasteiger partial charge < -0.3 is 9.47 Å². The van der Waals surface area contributed by atoms with E-state index in [9.17, 15) is 9.59 Å². The van der Waals surface area contributed by atoms with E-state index in [1.165, 1.54) is 77.0 Å². The van der Waals surface area contributed by atoms with Crippen LogP contribution in [0.5, 0.6) is 0 Å². The Bertz CT molecular complexity index is 381. The van der Waals surface area contributed by atoms with Gasteiger partial charge in [0.2, 0.25) is 0 Å². The summed E-state index contributed by atoms with van der Waals surface area (Å²) in [4.78, 5) is 23.5. The lowest BCUT2D eigenvalue weighted by atomic mass is 10.1. The van der Waals surface area contributed by atoms with Crippen LogP contribution in [-0.4, -0.2) is 35.8 Å². The fraction of sp³-hybridized carbons (Fsp3) is 0.923. The summed E-state index contributed by atoms with van der Waals surface area (Å²) in [7, 11) is 0. The van der Waals surface area contributed by atoms with Gasteiger partial charge in [-0.1, -0.05) is 109 Å². The van der Waals surface area contributed by atoms with E-state index in [-0.39, 0.29) is 11.9 Å². The van der Waals surface area contributed by atoms with Crippen LogP contribution in [0.4, 0.5) is 0 Å². The summed E-state index contributed by atoms with van der Waals surface area (Å²) in [6.07, 6.45) is 21.8. The minimum absolute atomic E-state index is 0.139. The number of ether oxygens (including phenoxy) is 2. The van der Waals surface area contributed by atoms with E-state index in [2.05, 4.69) is 31.9 Å². The minimum atomic E-state index is -0.139. The Kier molecular flexibility index (Phi) is 27.1. The van der Waals surface area contributed by atoms with Crippen molar-refractivity contribution in [2.75, 3.05) is 23.9 Å². The molecule has 0 heterocycles. The van der Waals surface area contributed by atoms with Gasteiger partial charge in [0.25, 0.3) is 0 Å². The Morgan fingerprint density at radius 1 is 0.406 bits per heavy atom. The van der Waals surface area contributed by atoms with E-state index < -0.39 is 0 Å². The average Bonchev–Trinajstić information content (AvgIpc) is 2.79. The molecule has 0 saturated heterocycles. The fourth-order valence-electron chi connectivity index (χ4n) is 3.57. The molecule has 32 heavy (non-hydrogen) atoms. The zero-order chi connectivity index (χ0) is 23.5. The average molecular weight is 584 g/mol. The van der Waals surface area contributed by atoms with Crippen molar-refractivity contribution in [3.63, 3.8) is 0 Å². The molecule has 0 amide bonds. The molecule has 0 aromatic carbocycles. The molecule has 0 N–H and O–H groups in total. The van der Waals surface area contributed by atoms with Gasteiger partial charge in [-0.3, -0.25) is 9.59 Å². The number of esters is 2. The molecular weight excluding hydrogens is 536 g/mol. The van der Waals surface area contributed by atoms with Gasteiger partial charge in [0.1, 0.15) is 0 Å². The molecule has 0 aromatic heterocycles. The molecule has 0 bridgehead atoms. The van der Waals surface area contributed by atoms with Crippen LogP contribution in [0.25, 0.3) is 0 Å². The quantitative estimate of drug-likeness (QED) is 0.0612. The highest BCUT2D eigenvalue weighted by atomic mass is 79.9. The maximum Gasteiger partial charge on any atom is 0.305 e. The van der Waals surface area contributed by atoms with E-state index in [1.807, 2.05) is 0 Å². The predicted molar refractivity (Wildman–Crippen MR) is 142 cm³/mol. The molecule has 0 spiro atoms. The van der Waals surface area contributed by atoms with Crippen molar-refractivity contribution in [2.24, 2.45) is 0 Å². The minimum Gasteiger partial charge on any atom is -0.466 e. The zero-order valence-electron chi connectivity index (χ0n) is 20.4. The van der Waals surface area contributed by atoms with Crippen molar-refractivity contribution >= 4 is 43.8 Å². The van der Waals surface area contributed by atoms with Crippen LogP contribution in [0, 0.1) is 0 Å². The maximum atomic E-state index is 11.7. The van der Waals surface area contributed by atoms with E-state index in [1.54, 1.807) is 0 Å². The van der Waals surface area contributed by atoms with Crippen LogP contribution >= 0.6 is 31.9 Å². The van der Waals surface area contributed by atoms with Gasteiger partial charge in [-0.25, -0.2) is 0 Å². The van der Waals surface area contributed by atoms with Gasteiger partial charge >= 0.3 is 11.9 Å². The number of alkyl halides is 2. The van der Waals surface area contributed by atoms with Gasteiger partial charge in [0, 0.05) is 23.5 Å². The summed E-state index contributed by atoms with van der Waals surface area (Å²) < 4.78 is 10.6. The molecule has 6 heteroatoms. The number of unbranched alkanes of at least 4 members (excludes halogenated alkanes) is 15. The van der Waals surface area contributed by atoms with Gasteiger partial charge in [0.15, 0.2) is 0 Å². The SMILES string of the molecule is O=C(CCCCC(=O)OCCCCCCCCCCBr)OCCCCCCCCCCBr. The lowest BCUT2D eigenvalue weighted by molar-refractivity contribution is -0.146. The summed E-state index contributed by atoms with van der Waals surface area (Å²) in [6.45, 7) is 1.06. The smallest absolute Gasteiger partial charge is 0.305 e. The van der Waals surface area contributed by atoms with Crippen LogP contribution in [0.1, 0.15) is 128 Å².